The minimum Gasteiger partial charge on any atom is -0.469 e. The van der Waals surface area contributed by atoms with Gasteiger partial charge in [-0.25, -0.2) is 4.79 Å². The lowest BCUT2D eigenvalue weighted by Crippen LogP contribution is -2.31. The van der Waals surface area contributed by atoms with E-state index in [0.717, 1.165) is 0 Å². The number of carbonyl (C=O) groups excluding carboxylic acids is 2. The van der Waals surface area contributed by atoms with Gasteiger partial charge in [-0.3, -0.25) is 14.6 Å². The highest BCUT2D eigenvalue weighted by atomic mass is 16.5. The number of oxazole rings is 1. The molecule has 0 fully saturated rings. The Morgan fingerprint density at radius 1 is 1.45 bits per heavy atom. The van der Waals surface area contributed by atoms with Crippen molar-refractivity contribution < 1.29 is 18.7 Å². The van der Waals surface area contributed by atoms with Crippen molar-refractivity contribution in [2.24, 2.45) is 5.73 Å². The summed E-state index contributed by atoms with van der Waals surface area (Å²) >= 11 is 0. The van der Waals surface area contributed by atoms with Gasteiger partial charge < -0.3 is 14.9 Å². The van der Waals surface area contributed by atoms with Crippen molar-refractivity contribution in [1.29, 1.82) is 0 Å². The number of esters is 1. The summed E-state index contributed by atoms with van der Waals surface area (Å²) in [6.45, 7) is 0. The SMILES string of the molecule is COC(=O)CCC(N)C(=O)c1ccc2[nH]c(=O)oc2c1. The van der Waals surface area contributed by atoms with Gasteiger partial charge in [0.15, 0.2) is 11.4 Å². The van der Waals surface area contributed by atoms with Crippen LogP contribution in [0.1, 0.15) is 23.2 Å². The van der Waals surface area contributed by atoms with Crippen molar-refractivity contribution in [2.75, 3.05) is 7.11 Å². The number of rotatable bonds is 5. The Hall–Kier alpha value is -2.41. The van der Waals surface area contributed by atoms with Gasteiger partial charge in [0.1, 0.15) is 0 Å². The molecule has 106 valence electrons. The molecule has 0 aliphatic carbocycles. The van der Waals surface area contributed by atoms with E-state index in [-0.39, 0.29) is 18.6 Å². The zero-order valence-electron chi connectivity index (χ0n) is 10.8. The predicted octanol–water partition coefficient (Wildman–Crippen LogP) is 0.584. The quantitative estimate of drug-likeness (QED) is 0.610. The summed E-state index contributed by atoms with van der Waals surface area (Å²) in [6, 6.07) is 3.76. The van der Waals surface area contributed by atoms with Gasteiger partial charge in [0, 0.05) is 12.0 Å². The van der Waals surface area contributed by atoms with Gasteiger partial charge in [-0.1, -0.05) is 0 Å². The molecule has 3 N–H and O–H groups in total. The molecule has 0 aliphatic heterocycles. The first-order chi connectivity index (χ1) is 9.51. The van der Waals surface area contributed by atoms with E-state index in [1.54, 1.807) is 12.1 Å². The molecule has 0 spiro atoms. The number of H-pyrrole nitrogens is 1. The number of ketones is 1. The number of aromatic nitrogens is 1. The van der Waals surface area contributed by atoms with Crippen molar-refractivity contribution in [3.63, 3.8) is 0 Å². The van der Waals surface area contributed by atoms with Crippen LogP contribution in [0, 0.1) is 0 Å². The molecule has 1 unspecified atom stereocenters. The Kier molecular flexibility index (Phi) is 3.99. The van der Waals surface area contributed by atoms with Gasteiger partial charge in [0.2, 0.25) is 0 Å². The molecule has 20 heavy (non-hydrogen) atoms. The Labute approximate surface area is 113 Å². The third-order valence-corrected chi connectivity index (χ3v) is 2.93. The van der Waals surface area contributed by atoms with Crippen LogP contribution in [0.3, 0.4) is 0 Å². The molecular weight excluding hydrogens is 264 g/mol. The summed E-state index contributed by atoms with van der Waals surface area (Å²) in [7, 11) is 1.28. The minimum absolute atomic E-state index is 0.0743. The van der Waals surface area contributed by atoms with Crippen LogP contribution in [0.4, 0.5) is 0 Å². The first-order valence-electron chi connectivity index (χ1n) is 6.00. The number of benzene rings is 1. The number of aromatic amines is 1. The fourth-order valence-corrected chi connectivity index (χ4v) is 1.82. The lowest BCUT2D eigenvalue weighted by Gasteiger charge is -2.09. The van der Waals surface area contributed by atoms with Crippen LogP contribution in [-0.4, -0.2) is 29.9 Å². The summed E-state index contributed by atoms with van der Waals surface area (Å²) in [5.74, 6) is -1.32. The van der Waals surface area contributed by atoms with Gasteiger partial charge in [-0.2, -0.15) is 0 Å². The number of Topliss-reactive ketones (excluding diaryl/α,β-unsaturated/α-hetero) is 1. The molecule has 0 radical (unpaired) electrons. The smallest absolute Gasteiger partial charge is 0.417 e. The third kappa shape index (κ3) is 2.94. The maximum atomic E-state index is 12.1. The van der Waals surface area contributed by atoms with Gasteiger partial charge in [-0.15, -0.1) is 0 Å². The minimum atomic E-state index is -0.808. The second-order valence-corrected chi connectivity index (χ2v) is 4.31. The second-order valence-electron chi connectivity index (χ2n) is 4.31. The largest absolute Gasteiger partial charge is 0.469 e. The first-order valence-corrected chi connectivity index (χ1v) is 6.00. The number of nitrogens with one attached hydrogen (secondary N) is 1. The van der Waals surface area contributed by atoms with Crippen molar-refractivity contribution in [1.82, 2.24) is 4.98 Å². The summed E-state index contributed by atoms with van der Waals surface area (Å²) in [6.07, 6.45) is 0.269. The van der Waals surface area contributed by atoms with Crippen LogP contribution < -0.4 is 11.5 Å². The van der Waals surface area contributed by atoms with Crippen LogP contribution in [-0.2, 0) is 9.53 Å². The van der Waals surface area contributed by atoms with E-state index in [9.17, 15) is 14.4 Å². The van der Waals surface area contributed by atoms with Crippen LogP contribution in [0.15, 0.2) is 27.4 Å². The molecule has 7 nitrogen and oxygen atoms in total. The fraction of sp³-hybridized carbons (Fsp3) is 0.308. The van der Waals surface area contributed by atoms with E-state index in [2.05, 4.69) is 9.72 Å². The van der Waals surface area contributed by atoms with Crippen LogP contribution >= 0.6 is 0 Å². The highest BCUT2D eigenvalue weighted by molar-refractivity contribution is 6.02. The van der Waals surface area contributed by atoms with Crippen molar-refractivity contribution >= 4 is 22.9 Å². The van der Waals surface area contributed by atoms with Crippen molar-refractivity contribution in [3.8, 4) is 0 Å². The van der Waals surface area contributed by atoms with Crippen LogP contribution in [0.25, 0.3) is 11.1 Å². The Bertz CT molecular complexity index is 700. The predicted molar refractivity (Wildman–Crippen MR) is 70.4 cm³/mol. The standard InChI is InChI=1S/C13H14N2O5/c1-19-11(16)5-3-8(14)12(17)7-2-4-9-10(6-7)20-13(18)15-9/h2,4,6,8H,3,5,14H2,1H3,(H,15,18). The maximum Gasteiger partial charge on any atom is 0.417 e. The molecule has 0 saturated carbocycles. The molecule has 0 amide bonds. The van der Waals surface area contributed by atoms with Gasteiger partial charge >= 0.3 is 11.7 Å². The fourth-order valence-electron chi connectivity index (χ4n) is 1.82. The summed E-state index contributed by atoms with van der Waals surface area (Å²) in [5.41, 5.74) is 6.88. The molecule has 1 aromatic carbocycles. The molecule has 0 aliphatic rings. The Morgan fingerprint density at radius 2 is 2.20 bits per heavy atom. The van der Waals surface area contributed by atoms with E-state index < -0.39 is 17.8 Å². The summed E-state index contributed by atoms with van der Waals surface area (Å²) in [4.78, 5) is 36.6. The number of fused-ring (bicyclic) bond motifs is 1. The van der Waals surface area contributed by atoms with E-state index in [1.807, 2.05) is 0 Å². The molecule has 1 aromatic heterocycles. The van der Waals surface area contributed by atoms with E-state index >= 15 is 0 Å². The zero-order chi connectivity index (χ0) is 14.7. The number of hydrogen-bond acceptors (Lipinski definition) is 6. The average molecular weight is 278 g/mol. The molecule has 1 heterocycles. The number of hydrogen-bond donors (Lipinski definition) is 2. The monoisotopic (exact) mass is 278 g/mol. The van der Waals surface area contributed by atoms with Crippen LogP contribution in [0.2, 0.25) is 0 Å². The second kappa shape index (κ2) is 5.70. The normalized spacial score (nSPS) is 12.3. The summed E-state index contributed by atoms with van der Waals surface area (Å²) < 4.78 is 9.36. The molecule has 2 aromatic rings. The van der Waals surface area contributed by atoms with Gasteiger partial charge in [0.05, 0.1) is 18.7 Å². The highest BCUT2D eigenvalue weighted by Gasteiger charge is 2.18. The summed E-state index contributed by atoms with van der Waals surface area (Å²) in [5, 5.41) is 0. The topological polar surface area (TPSA) is 115 Å². The molecule has 2 rings (SSSR count). The Morgan fingerprint density at radius 3 is 2.90 bits per heavy atom. The number of ether oxygens (including phenoxy) is 1. The molecule has 1 atom stereocenters. The maximum absolute atomic E-state index is 12.1. The average Bonchev–Trinajstić information content (AvgIpc) is 2.82. The number of methoxy groups -OCH3 is 1. The molecule has 0 saturated heterocycles. The molecule has 0 bridgehead atoms. The molecule has 7 heteroatoms. The van der Waals surface area contributed by atoms with Gasteiger partial charge in [-0.05, 0) is 24.6 Å². The van der Waals surface area contributed by atoms with Crippen molar-refractivity contribution in [3.05, 3.63) is 34.3 Å². The lowest BCUT2D eigenvalue weighted by molar-refractivity contribution is -0.140. The molecular formula is C13H14N2O5. The Balaban J connectivity index is 2.13. The number of nitrogens with two attached hydrogens (primary N) is 1. The van der Waals surface area contributed by atoms with E-state index in [4.69, 9.17) is 10.2 Å². The van der Waals surface area contributed by atoms with Gasteiger partial charge in [0.25, 0.3) is 0 Å². The third-order valence-electron chi connectivity index (χ3n) is 2.93. The van der Waals surface area contributed by atoms with Crippen LogP contribution in [0.5, 0.6) is 0 Å². The zero-order valence-corrected chi connectivity index (χ0v) is 10.8. The highest BCUT2D eigenvalue weighted by Crippen LogP contribution is 2.14. The lowest BCUT2D eigenvalue weighted by atomic mass is 10.0. The van der Waals surface area contributed by atoms with Crippen molar-refractivity contribution in [2.45, 2.75) is 18.9 Å². The van der Waals surface area contributed by atoms with E-state index in [0.29, 0.717) is 16.7 Å². The number of carbonyl (C=O) groups is 2. The van der Waals surface area contributed by atoms with E-state index in [1.165, 1.54) is 13.2 Å². The first kappa shape index (κ1) is 14.0.